The van der Waals surface area contributed by atoms with Crippen LogP contribution in [0.4, 0.5) is 5.95 Å². The molecule has 12 heteroatoms. The SMILES string of the molecule is COCN(c1nc(CCC(C)N=[N+]=[N-])cc(-c2c(C)cccc2C)n1)S(=O)(=O)c1cccc(C(=O)OC)c1. The van der Waals surface area contributed by atoms with Crippen molar-refractivity contribution in [3.8, 4) is 11.3 Å². The summed E-state index contributed by atoms with van der Waals surface area (Å²) in [5.74, 6) is -0.744. The van der Waals surface area contributed by atoms with E-state index >= 15 is 0 Å². The summed E-state index contributed by atoms with van der Waals surface area (Å²) in [6.07, 6.45) is 0.928. The minimum Gasteiger partial charge on any atom is -0.465 e. The summed E-state index contributed by atoms with van der Waals surface area (Å²) in [7, 11) is -1.66. The molecule has 0 saturated heterocycles. The van der Waals surface area contributed by atoms with Crippen LogP contribution in [0.2, 0.25) is 0 Å². The van der Waals surface area contributed by atoms with Gasteiger partial charge in [0.25, 0.3) is 10.0 Å². The number of esters is 1. The smallest absolute Gasteiger partial charge is 0.337 e. The highest BCUT2D eigenvalue weighted by Crippen LogP contribution is 2.30. The predicted octanol–water partition coefficient (Wildman–Crippen LogP) is 4.98. The van der Waals surface area contributed by atoms with Gasteiger partial charge in [-0.25, -0.2) is 27.5 Å². The lowest BCUT2D eigenvalue weighted by Crippen LogP contribution is -2.34. The fourth-order valence-corrected chi connectivity index (χ4v) is 5.27. The molecule has 0 aliphatic carbocycles. The molecular weight excluding hydrogens is 508 g/mol. The number of benzene rings is 2. The second-order valence-corrected chi connectivity index (χ2v) is 10.6. The number of anilines is 1. The van der Waals surface area contributed by atoms with Gasteiger partial charge in [-0.3, -0.25) is 0 Å². The van der Waals surface area contributed by atoms with Crippen LogP contribution >= 0.6 is 0 Å². The van der Waals surface area contributed by atoms with Crippen LogP contribution in [0.5, 0.6) is 0 Å². The summed E-state index contributed by atoms with van der Waals surface area (Å²) >= 11 is 0. The molecule has 38 heavy (non-hydrogen) atoms. The molecule has 0 bridgehead atoms. The molecule has 1 atom stereocenters. The molecule has 0 radical (unpaired) electrons. The monoisotopic (exact) mass is 538 g/mol. The van der Waals surface area contributed by atoms with Crippen molar-refractivity contribution in [1.82, 2.24) is 9.97 Å². The molecule has 2 aromatic carbocycles. The first-order valence-electron chi connectivity index (χ1n) is 11.8. The van der Waals surface area contributed by atoms with Gasteiger partial charge in [0.1, 0.15) is 6.73 Å². The number of aryl methyl sites for hydroxylation is 3. The molecule has 0 amide bonds. The number of rotatable bonds is 11. The van der Waals surface area contributed by atoms with E-state index in [9.17, 15) is 13.2 Å². The maximum atomic E-state index is 13.8. The van der Waals surface area contributed by atoms with Gasteiger partial charge in [-0.2, -0.15) is 0 Å². The largest absolute Gasteiger partial charge is 0.465 e. The van der Waals surface area contributed by atoms with Crippen LogP contribution in [-0.2, 0) is 25.9 Å². The number of azide groups is 1. The average molecular weight is 539 g/mol. The van der Waals surface area contributed by atoms with Gasteiger partial charge in [0.15, 0.2) is 0 Å². The second-order valence-electron chi connectivity index (χ2n) is 8.69. The lowest BCUT2D eigenvalue weighted by molar-refractivity contribution is 0.0600. The normalized spacial score (nSPS) is 11.9. The third-order valence-corrected chi connectivity index (χ3v) is 7.58. The van der Waals surface area contributed by atoms with Crippen LogP contribution in [0.3, 0.4) is 0 Å². The first-order valence-corrected chi connectivity index (χ1v) is 13.2. The Morgan fingerprint density at radius 1 is 1.11 bits per heavy atom. The Morgan fingerprint density at radius 2 is 1.79 bits per heavy atom. The first-order chi connectivity index (χ1) is 18.1. The predicted molar refractivity (Wildman–Crippen MR) is 143 cm³/mol. The van der Waals surface area contributed by atoms with Crippen molar-refractivity contribution in [3.63, 3.8) is 0 Å². The van der Waals surface area contributed by atoms with Gasteiger partial charge >= 0.3 is 5.97 Å². The van der Waals surface area contributed by atoms with Crippen LogP contribution in [0.1, 0.15) is 40.5 Å². The van der Waals surface area contributed by atoms with E-state index in [1.54, 1.807) is 6.92 Å². The summed E-state index contributed by atoms with van der Waals surface area (Å²) in [4.78, 5) is 24.0. The van der Waals surface area contributed by atoms with Crippen LogP contribution in [0.15, 0.2) is 58.5 Å². The minimum absolute atomic E-state index is 0.0816. The minimum atomic E-state index is -4.25. The maximum absolute atomic E-state index is 13.8. The number of hydrogen-bond donors (Lipinski definition) is 0. The van der Waals surface area contributed by atoms with Crippen molar-refractivity contribution in [3.05, 3.63) is 81.4 Å². The summed E-state index contributed by atoms with van der Waals surface area (Å²) in [5, 5.41) is 3.72. The van der Waals surface area contributed by atoms with E-state index in [0.29, 0.717) is 24.2 Å². The topological polar surface area (TPSA) is 147 Å². The highest BCUT2D eigenvalue weighted by Gasteiger charge is 2.29. The molecule has 1 aromatic heterocycles. The molecule has 0 fully saturated rings. The Hall–Kier alpha value is -3.99. The van der Waals surface area contributed by atoms with Crippen LogP contribution in [0, 0.1) is 13.8 Å². The third-order valence-electron chi connectivity index (χ3n) is 5.88. The zero-order valence-electron chi connectivity index (χ0n) is 22.0. The molecule has 0 aliphatic heterocycles. The van der Waals surface area contributed by atoms with Crippen molar-refractivity contribution in [2.75, 3.05) is 25.3 Å². The van der Waals surface area contributed by atoms with Crippen LogP contribution in [0.25, 0.3) is 21.7 Å². The molecule has 200 valence electrons. The van der Waals surface area contributed by atoms with Gasteiger partial charge in [-0.15, -0.1) is 0 Å². The Morgan fingerprint density at radius 3 is 2.42 bits per heavy atom. The van der Waals surface area contributed by atoms with Gasteiger partial charge in [0.2, 0.25) is 5.95 Å². The highest BCUT2D eigenvalue weighted by atomic mass is 32.2. The summed E-state index contributed by atoms with van der Waals surface area (Å²) in [5.41, 5.74) is 12.8. The molecule has 3 rings (SSSR count). The van der Waals surface area contributed by atoms with Crippen molar-refractivity contribution in [1.29, 1.82) is 0 Å². The van der Waals surface area contributed by atoms with Gasteiger partial charge < -0.3 is 9.47 Å². The summed E-state index contributed by atoms with van der Waals surface area (Å²) in [6, 6.07) is 12.9. The van der Waals surface area contributed by atoms with Crippen LogP contribution in [-0.4, -0.2) is 51.3 Å². The molecule has 11 nitrogen and oxygen atoms in total. The Bertz CT molecular complexity index is 1450. The van der Waals surface area contributed by atoms with E-state index in [1.807, 2.05) is 38.1 Å². The molecule has 0 aliphatic rings. The maximum Gasteiger partial charge on any atom is 0.337 e. The Labute approximate surface area is 222 Å². The third kappa shape index (κ3) is 6.46. The standard InChI is InChI=1S/C26H30N6O5S/c1-17-8-6-9-18(2)24(17)23-15-21(13-12-19(3)30-31-27)28-26(29-23)32(16-36-4)38(34,35)22-11-7-10-20(14-22)25(33)37-5/h6-11,14-15,19H,12-13,16H2,1-5H3. The number of carbonyl (C=O) groups is 1. The summed E-state index contributed by atoms with van der Waals surface area (Å²) < 4.78 is 38.5. The van der Waals surface area contributed by atoms with Gasteiger partial charge in [0, 0.05) is 29.3 Å². The Balaban J connectivity index is 2.19. The number of aromatic nitrogens is 2. The summed E-state index contributed by atoms with van der Waals surface area (Å²) in [6.45, 7) is 5.34. The molecule has 0 N–H and O–H groups in total. The molecule has 0 spiro atoms. The molecule has 3 aromatic rings. The van der Waals surface area contributed by atoms with E-state index in [2.05, 4.69) is 20.0 Å². The van der Waals surface area contributed by atoms with Crippen molar-refractivity contribution < 1.29 is 22.7 Å². The molecule has 0 saturated carbocycles. The Kier molecular flexibility index (Phi) is 9.40. The lowest BCUT2D eigenvalue weighted by atomic mass is 9.99. The van der Waals surface area contributed by atoms with Gasteiger partial charge in [-0.1, -0.05) is 36.3 Å². The van der Waals surface area contributed by atoms with E-state index in [0.717, 1.165) is 21.0 Å². The van der Waals surface area contributed by atoms with E-state index in [4.69, 9.17) is 15.0 Å². The number of carbonyl (C=O) groups excluding carboxylic acids is 1. The van der Waals surface area contributed by atoms with Crippen molar-refractivity contribution in [2.45, 2.75) is 44.6 Å². The van der Waals surface area contributed by atoms with E-state index < -0.39 is 16.0 Å². The lowest BCUT2D eigenvalue weighted by Gasteiger charge is -2.23. The van der Waals surface area contributed by atoms with Crippen molar-refractivity contribution >= 4 is 21.9 Å². The van der Waals surface area contributed by atoms with Gasteiger partial charge in [-0.05, 0) is 67.6 Å². The first kappa shape index (κ1) is 28.6. The highest BCUT2D eigenvalue weighted by molar-refractivity contribution is 7.92. The quantitative estimate of drug-likeness (QED) is 0.110. The number of nitrogens with zero attached hydrogens (tertiary/aromatic N) is 6. The molecular formula is C26H30N6O5S. The zero-order valence-corrected chi connectivity index (χ0v) is 22.8. The number of hydrogen-bond acceptors (Lipinski definition) is 8. The fourth-order valence-electron chi connectivity index (χ4n) is 3.95. The molecule has 1 heterocycles. The average Bonchev–Trinajstić information content (AvgIpc) is 2.90. The number of sulfonamides is 1. The molecule has 1 unspecified atom stereocenters. The van der Waals surface area contributed by atoms with E-state index in [1.165, 1.54) is 38.5 Å². The second kappa shape index (κ2) is 12.5. The van der Waals surface area contributed by atoms with Crippen molar-refractivity contribution in [2.24, 2.45) is 5.11 Å². The fraction of sp³-hybridized carbons (Fsp3) is 0.346. The van der Waals surface area contributed by atoms with Crippen LogP contribution < -0.4 is 4.31 Å². The van der Waals surface area contributed by atoms with E-state index in [-0.39, 0.29) is 29.2 Å². The number of ether oxygens (including phenoxy) is 2. The zero-order chi connectivity index (χ0) is 27.9. The van der Waals surface area contributed by atoms with Gasteiger partial charge in [0.05, 0.1) is 23.3 Å². The number of methoxy groups -OCH3 is 2.